The van der Waals surface area contributed by atoms with Crippen molar-refractivity contribution >= 4 is 22.7 Å². The van der Waals surface area contributed by atoms with Crippen molar-refractivity contribution < 1.29 is 18.3 Å². The molecule has 1 unspecified atom stereocenters. The van der Waals surface area contributed by atoms with Gasteiger partial charge < -0.3 is 10.5 Å². The summed E-state index contributed by atoms with van der Waals surface area (Å²) in [5.41, 5.74) is 6.30. The first-order chi connectivity index (χ1) is 13.9. The van der Waals surface area contributed by atoms with Gasteiger partial charge in [0.25, 0.3) is 5.91 Å². The molecule has 1 aromatic heterocycles. The number of benzene rings is 1. The summed E-state index contributed by atoms with van der Waals surface area (Å²) in [6.07, 6.45) is 1.83. The summed E-state index contributed by atoms with van der Waals surface area (Å²) in [6, 6.07) is 8.49. The van der Waals surface area contributed by atoms with Gasteiger partial charge in [0.1, 0.15) is 22.8 Å². The first-order valence-electron chi connectivity index (χ1n) is 9.14. The minimum absolute atomic E-state index is 0.0107. The highest BCUT2D eigenvalue weighted by Gasteiger charge is 2.50. The number of amides is 1. The second kappa shape index (κ2) is 8.98. The van der Waals surface area contributed by atoms with Crippen molar-refractivity contribution in [3.05, 3.63) is 65.5 Å². The Hall–Kier alpha value is -2.36. The first-order valence-corrected chi connectivity index (χ1v) is 9.96. The van der Waals surface area contributed by atoms with Gasteiger partial charge in [-0.3, -0.25) is 9.78 Å². The van der Waals surface area contributed by atoms with Crippen LogP contribution in [0.2, 0.25) is 0 Å². The Kier molecular flexibility index (Phi) is 6.61. The molecule has 3 rings (SSSR count). The Morgan fingerprint density at radius 1 is 1.34 bits per heavy atom. The van der Waals surface area contributed by atoms with Gasteiger partial charge in [-0.1, -0.05) is 17.8 Å². The molecule has 6 nitrogen and oxygen atoms in total. The van der Waals surface area contributed by atoms with Crippen LogP contribution in [0.25, 0.3) is 0 Å². The molecule has 0 bridgehead atoms. The van der Waals surface area contributed by atoms with Crippen LogP contribution in [-0.4, -0.2) is 40.7 Å². The molecule has 1 aromatic carbocycles. The number of methoxy groups -OCH3 is 1. The fraction of sp³-hybridized carbons (Fsp3) is 0.350. The Labute approximate surface area is 172 Å². The van der Waals surface area contributed by atoms with Crippen LogP contribution in [-0.2, 0) is 14.4 Å². The monoisotopic (exact) mass is 420 g/mol. The van der Waals surface area contributed by atoms with Crippen LogP contribution < -0.4 is 5.73 Å². The lowest BCUT2D eigenvalue weighted by Crippen LogP contribution is -2.46. The SMILES string of the molecule is CO[C@@H](C)C(=O)N1N=C(c2cc(F)ccc2F)SC1(CCCN)c1ccccn1. The number of carbonyl (C=O) groups is 1. The van der Waals surface area contributed by atoms with Crippen molar-refractivity contribution in [3.63, 3.8) is 0 Å². The third kappa shape index (κ3) is 4.17. The number of thioether (sulfide) groups is 1. The number of carbonyl (C=O) groups excluding carboxylic acids is 1. The number of aromatic nitrogens is 1. The lowest BCUT2D eigenvalue weighted by atomic mass is 10.0. The Morgan fingerprint density at radius 2 is 2.14 bits per heavy atom. The number of ether oxygens (including phenoxy) is 1. The van der Waals surface area contributed by atoms with E-state index in [4.69, 9.17) is 10.5 Å². The van der Waals surface area contributed by atoms with Crippen LogP contribution in [0, 0.1) is 11.6 Å². The summed E-state index contributed by atoms with van der Waals surface area (Å²) >= 11 is 1.17. The fourth-order valence-electron chi connectivity index (χ4n) is 3.05. The van der Waals surface area contributed by atoms with E-state index in [2.05, 4.69) is 10.1 Å². The van der Waals surface area contributed by atoms with E-state index in [9.17, 15) is 13.6 Å². The third-order valence-electron chi connectivity index (χ3n) is 4.65. The average Bonchev–Trinajstić information content (AvgIpc) is 3.14. The molecule has 0 aliphatic carbocycles. The molecule has 0 saturated heterocycles. The van der Waals surface area contributed by atoms with E-state index in [1.54, 1.807) is 31.3 Å². The first kappa shape index (κ1) is 21.4. The molecule has 2 heterocycles. The van der Waals surface area contributed by atoms with Gasteiger partial charge in [-0.15, -0.1) is 0 Å². The van der Waals surface area contributed by atoms with Crippen LogP contribution in [0.1, 0.15) is 31.0 Å². The van der Waals surface area contributed by atoms with Crippen molar-refractivity contribution in [3.8, 4) is 0 Å². The highest BCUT2D eigenvalue weighted by atomic mass is 32.2. The molecule has 154 valence electrons. The number of rotatable bonds is 7. The van der Waals surface area contributed by atoms with Crippen LogP contribution in [0.4, 0.5) is 8.78 Å². The third-order valence-corrected chi connectivity index (χ3v) is 6.07. The van der Waals surface area contributed by atoms with Gasteiger partial charge in [0.2, 0.25) is 0 Å². The predicted molar refractivity (Wildman–Crippen MR) is 108 cm³/mol. The van der Waals surface area contributed by atoms with Crippen LogP contribution in [0.3, 0.4) is 0 Å². The van der Waals surface area contributed by atoms with E-state index in [1.807, 2.05) is 0 Å². The number of hydrogen-bond acceptors (Lipinski definition) is 6. The molecule has 1 amide bonds. The molecule has 1 aliphatic heterocycles. The second-order valence-electron chi connectivity index (χ2n) is 6.55. The number of nitrogens with zero attached hydrogens (tertiary/aromatic N) is 3. The molecule has 0 fully saturated rings. The predicted octanol–water partition coefficient (Wildman–Crippen LogP) is 3.22. The maximum absolute atomic E-state index is 14.5. The highest BCUT2D eigenvalue weighted by molar-refractivity contribution is 8.15. The number of hydrazone groups is 1. The van der Waals surface area contributed by atoms with E-state index in [0.717, 1.165) is 18.2 Å². The summed E-state index contributed by atoms with van der Waals surface area (Å²) in [4.78, 5) is 16.5. The highest BCUT2D eigenvalue weighted by Crippen LogP contribution is 2.50. The fourth-order valence-corrected chi connectivity index (χ4v) is 4.44. The van der Waals surface area contributed by atoms with Crippen LogP contribution in [0.15, 0.2) is 47.7 Å². The molecule has 0 saturated carbocycles. The van der Waals surface area contributed by atoms with Crippen LogP contribution in [0.5, 0.6) is 0 Å². The summed E-state index contributed by atoms with van der Waals surface area (Å²) in [5, 5.41) is 5.88. The number of halogens is 2. The lowest BCUT2D eigenvalue weighted by molar-refractivity contribution is -0.144. The summed E-state index contributed by atoms with van der Waals surface area (Å²) in [6.45, 7) is 2.00. The number of nitrogens with two attached hydrogens (primary N) is 1. The molecule has 1 aliphatic rings. The largest absolute Gasteiger partial charge is 0.372 e. The molecule has 2 N–H and O–H groups in total. The van der Waals surface area contributed by atoms with E-state index >= 15 is 0 Å². The molecular weight excluding hydrogens is 398 g/mol. The Balaban J connectivity index is 2.15. The summed E-state index contributed by atoms with van der Waals surface area (Å²) < 4.78 is 33.4. The zero-order chi connectivity index (χ0) is 21.0. The van der Waals surface area contributed by atoms with Crippen molar-refractivity contribution in [1.29, 1.82) is 0 Å². The molecular formula is C20H22F2N4O2S. The zero-order valence-corrected chi connectivity index (χ0v) is 17.0. The average molecular weight is 420 g/mol. The molecule has 9 heteroatoms. The lowest BCUT2D eigenvalue weighted by Gasteiger charge is -2.35. The molecule has 29 heavy (non-hydrogen) atoms. The van der Waals surface area contributed by atoms with Crippen molar-refractivity contribution in [2.24, 2.45) is 10.8 Å². The summed E-state index contributed by atoms with van der Waals surface area (Å²) in [7, 11) is 1.42. The maximum atomic E-state index is 14.5. The van der Waals surface area contributed by atoms with Gasteiger partial charge in [0.15, 0.2) is 4.87 Å². The van der Waals surface area contributed by atoms with Gasteiger partial charge in [0, 0.05) is 18.9 Å². The minimum Gasteiger partial charge on any atom is -0.372 e. The van der Waals surface area contributed by atoms with E-state index in [1.165, 1.54) is 23.9 Å². The Bertz CT molecular complexity index is 913. The molecule has 2 atom stereocenters. The number of hydrogen-bond donors (Lipinski definition) is 1. The van der Waals surface area contributed by atoms with E-state index in [0.29, 0.717) is 25.1 Å². The second-order valence-corrected chi connectivity index (χ2v) is 7.82. The standard InChI is InChI=1S/C20H22F2N4O2S/c1-13(28-2)19(27)26-20(9-5-10-23,17-6-3-4-11-24-17)29-18(25-26)15-12-14(21)7-8-16(15)22/h3-4,6-8,11-13H,5,9-10,23H2,1-2H3/t13-,20?/m0/s1. The van der Waals surface area contributed by atoms with Crippen molar-refractivity contribution in [2.75, 3.05) is 13.7 Å². The number of pyridine rings is 1. The minimum atomic E-state index is -1.04. The van der Waals surface area contributed by atoms with Gasteiger partial charge in [-0.25, -0.2) is 13.8 Å². The van der Waals surface area contributed by atoms with Crippen molar-refractivity contribution in [1.82, 2.24) is 9.99 Å². The smallest absolute Gasteiger partial charge is 0.273 e. The van der Waals surface area contributed by atoms with Gasteiger partial charge >= 0.3 is 0 Å². The van der Waals surface area contributed by atoms with Gasteiger partial charge in [-0.2, -0.15) is 5.10 Å². The zero-order valence-electron chi connectivity index (χ0n) is 16.1. The quantitative estimate of drug-likeness (QED) is 0.744. The Morgan fingerprint density at radius 3 is 2.79 bits per heavy atom. The normalized spacial score (nSPS) is 19.9. The van der Waals surface area contributed by atoms with Gasteiger partial charge in [0.05, 0.1) is 5.69 Å². The molecule has 0 radical (unpaired) electrons. The maximum Gasteiger partial charge on any atom is 0.273 e. The molecule has 0 spiro atoms. The van der Waals surface area contributed by atoms with Crippen LogP contribution >= 0.6 is 11.8 Å². The topological polar surface area (TPSA) is 80.8 Å². The van der Waals surface area contributed by atoms with Gasteiger partial charge in [-0.05, 0) is 56.6 Å². The van der Waals surface area contributed by atoms with E-state index < -0.39 is 28.5 Å². The van der Waals surface area contributed by atoms with E-state index in [-0.39, 0.29) is 10.6 Å². The summed E-state index contributed by atoms with van der Waals surface area (Å²) in [5.74, 6) is -1.62. The van der Waals surface area contributed by atoms with Crippen molar-refractivity contribution in [2.45, 2.75) is 30.7 Å². The molecule has 2 aromatic rings.